The Kier molecular flexibility index (Phi) is 6.22. The van der Waals surface area contributed by atoms with Crippen LogP contribution in [0.5, 0.6) is 0 Å². The number of carbonyl (C=O) groups is 1. The van der Waals surface area contributed by atoms with E-state index in [4.69, 9.17) is 5.73 Å². The lowest BCUT2D eigenvalue weighted by Crippen LogP contribution is -2.17. The third-order valence-electron chi connectivity index (χ3n) is 4.69. The molecule has 0 aliphatic heterocycles. The molecule has 3 aromatic rings. The summed E-state index contributed by atoms with van der Waals surface area (Å²) in [6, 6.07) is 18.2. The lowest BCUT2D eigenvalue weighted by Gasteiger charge is -2.14. The summed E-state index contributed by atoms with van der Waals surface area (Å²) < 4.78 is 0. The van der Waals surface area contributed by atoms with Crippen LogP contribution in [0, 0.1) is 11.3 Å². The van der Waals surface area contributed by atoms with Crippen molar-refractivity contribution in [1.82, 2.24) is 9.88 Å². The molecule has 3 rings (SSSR count). The fourth-order valence-corrected chi connectivity index (χ4v) is 2.92. The first-order valence-corrected chi connectivity index (χ1v) is 9.35. The first-order valence-electron chi connectivity index (χ1n) is 9.35. The van der Waals surface area contributed by atoms with Crippen molar-refractivity contribution in [3.63, 3.8) is 0 Å². The van der Waals surface area contributed by atoms with Gasteiger partial charge < -0.3 is 16.0 Å². The number of para-hydroxylation sites is 2. The summed E-state index contributed by atoms with van der Waals surface area (Å²) in [5.41, 5.74) is 10.3. The zero-order valence-corrected chi connectivity index (χ0v) is 16.5. The molecule has 6 nitrogen and oxygen atoms in total. The molecule has 2 aromatic carbocycles. The quantitative estimate of drug-likeness (QED) is 0.627. The van der Waals surface area contributed by atoms with E-state index in [1.165, 1.54) is 0 Å². The standard InChI is InChI=1S/C23H23N5O/c1-3-28(2)15-16-12-19(13-24)22(26-14-16)17-8-10-18(11-9-17)23(29)27-21-7-5-4-6-20(21)25/h4-12,14H,3,15,25H2,1-2H3,(H,27,29). The van der Waals surface area contributed by atoms with E-state index in [1.807, 2.05) is 25.2 Å². The fraction of sp³-hybridized carbons (Fsp3) is 0.174. The van der Waals surface area contributed by atoms with Crippen molar-refractivity contribution in [2.75, 3.05) is 24.6 Å². The summed E-state index contributed by atoms with van der Waals surface area (Å²) >= 11 is 0. The number of nitrogen functional groups attached to an aromatic ring is 1. The van der Waals surface area contributed by atoms with Gasteiger partial charge in [-0.1, -0.05) is 31.2 Å². The molecule has 3 N–H and O–H groups in total. The number of amides is 1. The van der Waals surface area contributed by atoms with Gasteiger partial charge in [-0.3, -0.25) is 9.78 Å². The second kappa shape index (κ2) is 9.00. The molecule has 0 unspecified atom stereocenters. The number of benzene rings is 2. The van der Waals surface area contributed by atoms with E-state index in [0.717, 1.165) is 24.2 Å². The van der Waals surface area contributed by atoms with Crippen LogP contribution in [0.25, 0.3) is 11.3 Å². The summed E-state index contributed by atoms with van der Waals surface area (Å²) in [5.74, 6) is -0.249. The Balaban J connectivity index is 1.80. The number of nitriles is 1. The summed E-state index contributed by atoms with van der Waals surface area (Å²) in [4.78, 5) is 19.1. The van der Waals surface area contributed by atoms with Crippen LogP contribution in [0.1, 0.15) is 28.4 Å². The van der Waals surface area contributed by atoms with E-state index >= 15 is 0 Å². The van der Waals surface area contributed by atoms with Gasteiger partial charge in [-0.15, -0.1) is 0 Å². The number of carbonyl (C=O) groups excluding carboxylic acids is 1. The Morgan fingerprint density at radius 3 is 2.59 bits per heavy atom. The first kappa shape index (κ1) is 20.1. The average Bonchev–Trinajstić information content (AvgIpc) is 2.75. The highest BCUT2D eigenvalue weighted by atomic mass is 16.1. The van der Waals surface area contributed by atoms with Crippen molar-refractivity contribution >= 4 is 17.3 Å². The van der Waals surface area contributed by atoms with Gasteiger partial charge in [0.2, 0.25) is 0 Å². The third-order valence-corrected chi connectivity index (χ3v) is 4.69. The minimum atomic E-state index is -0.249. The predicted octanol–water partition coefficient (Wildman–Crippen LogP) is 3.91. The van der Waals surface area contributed by atoms with Crippen molar-refractivity contribution in [2.45, 2.75) is 13.5 Å². The van der Waals surface area contributed by atoms with Crippen LogP contribution in [0.3, 0.4) is 0 Å². The van der Waals surface area contributed by atoms with Gasteiger partial charge in [-0.2, -0.15) is 5.26 Å². The zero-order valence-electron chi connectivity index (χ0n) is 16.5. The summed E-state index contributed by atoms with van der Waals surface area (Å²) in [7, 11) is 2.02. The lowest BCUT2D eigenvalue weighted by molar-refractivity contribution is 0.102. The average molecular weight is 385 g/mol. The van der Waals surface area contributed by atoms with E-state index < -0.39 is 0 Å². The molecule has 0 aliphatic rings. The lowest BCUT2D eigenvalue weighted by atomic mass is 10.0. The van der Waals surface area contributed by atoms with E-state index in [9.17, 15) is 10.1 Å². The monoisotopic (exact) mass is 385 g/mol. The van der Waals surface area contributed by atoms with E-state index in [-0.39, 0.29) is 5.91 Å². The molecule has 0 aliphatic carbocycles. The Hall–Kier alpha value is -3.69. The topological polar surface area (TPSA) is 95.0 Å². The highest BCUT2D eigenvalue weighted by molar-refractivity contribution is 6.05. The number of nitrogens with two attached hydrogens (primary N) is 1. The summed E-state index contributed by atoms with van der Waals surface area (Å²) in [5, 5.41) is 12.4. The van der Waals surface area contributed by atoms with E-state index in [1.54, 1.807) is 42.6 Å². The largest absolute Gasteiger partial charge is 0.397 e. The molecule has 0 spiro atoms. The van der Waals surface area contributed by atoms with Gasteiger partial charge in [0.1, 0.15) is 6.07 Å². The molecule has 0 fully saturated rings. The summed E-state index contributed by atoms with van der Waals surface area (Å²) in [6.07, 6.45) is 1.79. The van der Waals surface area contributed by atoms with E-state index in [0.29, 0.717) is 28.2 Å². The number of anilines is 2. The van der Waals surface area contributed by atoms with Gasteiger partial charge in [0.15, 0.2) is 0 Å². The predicted molar refractivity (Wildman–Crippen MR) is 115 cm³/mol. The minimum absolute atomic E-state index is 0.249. The molecule has 1 aromatic heterocycles. The molecule has 1 amide bonds. The third kappa shape index (κ3) is 4.78. The first-order chi connectivity index (χ1) is 14.0. The number of nitrogens with zero attached hydrogens (tertiary/aromatic N) is 3. The number of hydrogen-bond donors (Lipinski definition) is 2. The van der Waals surface area contributed by atoms with Crippen LogP contribution in [0.2, 0.25) is 0 Å². The molecule has 6 heteroatoms. The maximum Gasteiger partial charge on any atom is 0.255 e. The van der Waals surface area contributed by atoms with Crippen LogP contribution < -0.4 is 11.1 Å². The van der Waals surface area contributed by atoms with Gasteiger partial charge in [-0.25, -0.2) is 0 Å². The minimum Gasteiger partial charge on any atom is -0.397 e. The number of aromatic nitrogens is 1. The Bertz CT molecular complexity index is 1050. The molecule has 0 radical (unpaired) electrons. The molecule has 0 bridgehead atoms. The smallest absolute Gasteiger partial charge is 0.255 e. The fourth-order valence-electron chi connectivity index (χ4n) is 2.92. The van der Waals surface area contributed by atoms with Crippen molar-refractivity contribution in [1.29, 1.82) is 5.26 Å². The maximum atomic E-state index is 12.5. The van der Waals surface area contributed by atoms with Crippen LogP contribution >= 0.6 is 0 Å². The molecule has 1 heterocycles. The highest BCUT2D eigenvalue weighted by Crippen LogP contribution is 2.24. The SMILES string of the molecule is CCN(C)Cc1cnc(-c2ccc(C(=O)Nc3ccccc3N)cc2)c(C#N)c1. The van der Waals surface area contributed by atoms with Gasteiger partial charge in [0.05, 0.1) is 22.6 Å². The van der Waals surface area contributed by atoms with Gasteiger partial charge in [0.25, 0.3) is 5.91 Å². The number of hydrogen-bond acceptors (Lipinski definition) is 5. The van der Waals surface area contributed by atoms with Crippen LogP contribution in [-0.2, 0) is 6.54 Å². The van der Waals surface area contributed by atoms with Crippen molar-refractivity contribution < 1.29 is 4.79 Å². The van der Waals surface area contributed by atoms with E-state index in [2.05, 4.69) is 28.2 Å². The van der Waals surface area contributed by atoms with Crippen molar-refractivity contribution in [3.05, 3.63) is 77.5 Å². The molecule has 0 atom stereocenters. The number of pyridine rings is 1. The molecular weight excluding hydrogens is 362 g/mol. The molecule has 0 saturated heterocycles. The van der Waals surface area contributed by atoms with Crippen molar-refractivity contribution in [2.24, 2.45) is 0 Å². The van der Waals surface area contributed by atoms with Crippen LogP contribution in [0.4, 0.5) is 11.4 Å². The Morgan fingerprint density at radius 1 is 1.21 bits per heavy atom. The second-order valence-corrected chi connectivity index (χ2v) is 6.80. The zero-order chi connectivity index (χ0) is 20.8. The molecule has 146 valence electrons. The Labute approximate surface area is 170 Å². The van der Waals surface area contributed by atoms with Crippen molar-refractivity contribution in [3.8, 4) is 17.3 Å². The summed E-state index contributed by atoms with van der Waals surface area (Å²) in [6.45, 7) is 3.73. The van der Waals surface area contributed by atoms with Crippen LogP contribution in [-0.4, -0.2) is 29.4 Å². The number of rotatable bonds is 6. The molecular formula is C23H23N5O. The molecule has 29 heavy (non-hydrogen) atoms. The van der Waals surface area contributed by atoms with Gasteiger partial charge >= 0.3 is 0 Å². The van der Waals surface area contributed by atoms with Crippen LogP contribution in [0.15, 0.2) is 60.8 Å². The molecule has 0 saturated carbocycles. The Morgan fingerprint density at radius 2 is 1.93 bits per heavy atom. The maximum absolute atomic E-state index is 12.5. The highest BCUT2D eigenvalue weighted by Gasteiger charge is 2.12. The van der Waals surface area contributed by atoms with Gasteiger partial charge in [-0.05, 0) is 49.5 Å². The second-order valence-electron chi connectivity index (χ2n) is 6.80. The normalized spacial score (nSPS) is 10.6. The number of nitrogens with one attached hydrogen (secondary N) is 1. The van der Waals surface area contributed by atoms with Gasteiger partial charge in [0, 0.05) is 23.9 Å².